The minimum absolute atomic E-state index is 0.0402. The van der Waals surface area contributed by atoms with Crippen molar-refractivity contribution in [3.63, 3.8) is 0 Å². The summed E-state index contributed by atoms with van der Waals surface area (Å²) in [6, 6.07) is 15.2. The summed E-state index contributed by atoms with van der Waals surface area (Å²) in [6.45, 7) is 2.59. The second kappa shape index (κ2) is 7.03. The Morgan fingerprint density at radius 3 is 2.43 bits per heavy atom. The highest BCUT2D eigenvalue weighted by Crippen LogP contribution is 2.43. The predicted octanol–water partition coefficient (Wildman–Crippen LogP) is 4.71. The first-order valence-electron chi connectivity index (χ1n) is 10.2. The molecule has 5 nitrogen and oxygen atoms in total. The standard InChI is InChI=1S/C24H22ClN3O2/c1-3-27-21-11-10-18(12-20(21)19(13-23(27)29)15-4-5-15)28-22(14-26(2)24(28)30)16-6-8-17(25)9-7-16/h6-15H,3-5H2,1-2H3. The topological polar surface area (TPSA) is 48.9 Å². The summed E-state index contributed by atoms with van der Waals surface area (Å²) in [5.74, 6) is 0.435. The van der Waals surface area contributed by atoms with Gasteiger partial charge in [0.25, 0.3) is 5.56 Å². The Morgan fingerprint density at radius 2 is 1.77 bits per heavy atom. The Bertz CT molecular complexity index is 1390. The lowest BCUT2D eigenvalue weighted by Crippen LogP contribution is -2.22. The molecular weight excluding hydrogens is 398 g/mol. The van der Waals surface area contributed by atoms with Gasteiger partial charge in [0.15, 0.2) is 0 Å². The minimum Gasteiger partial charge on any atom is -0.309 e. The molecule has 0 spiro atoms. The lowest BCUT2D eigenvalue weighted by molar-refractivity contribution is 0.756. The van der Waals surface area contributed by atoms with E-state index in [0.29, 0.717) is 17.5 Å². The van der Waals surface area contributed by atoms with Gasteiger partial charge in [0.1, 0.15) is 0 Å². The van der Waals surface area contributed by atoms with Gasteiger partial charge in [-0.25, -0.2) is 4.79 Å². The Kier molecular flexibility index (Phi) is 4.44. The SMILES string of the molecule is CCn1c(=O)cc(C2CC2)c2cc(-n3c(-c4ccc(Cl)cc4)cn(C)c3=O)ccc21. The Morgan fingerprint density at radius 1 is 1.03 bits per heavy atom. The van der Waals surface area contributed by atoms with Gasteiger partial charge in [0.05, 0.1) is 16.9 Å². The molecule has 4 aromatic rings. The molecule has 0 bridgehead atoms. The number of halogens is 1. The average Bonchev–Trinajstić information content (AvgIpc) is 3.54. The molecule has 6 heteroatoms. The van der Waals surface area contributed by atoms with Gasteiger partial charge in [-0.1, -0.05) is 23.7 Å². The third kappa shape index (κ3) is 3.01. The van der Waals surface area contributed by atoms with Gasteiger partial charge in [-0.3, -0.25) is 9.36 Å². The highest BCUT2D eigenvalue weighted by atomic mass is 35.5. The number of hydrogen-bond acceptors (Lipinski definition) is 2. The zero-order chi connectivity index (χ0) is 21.0. The second-order valence-electron chi connectivity index (χ2n) is 7.91. The molecule has 2 heterocycles. The summed E-state index contributed by atoms with van der Waals surface area (Å²) in [4.78, 5) is 25.6. The molecule has 1 aliphatic rings. The third-order valence-electron chi connectivity index (χ3n) is 5.91. The lowest BCUT2D eigenvalue weighted by Gasteiger charge is -2.14. The van der Waals surface area contributed by atoms with E-state index in [2.05, 4.69) is 6.07 Å². The van der Waals surface area contributed by atoms with E-state index in [1.807, 2.05) is 49.5 Å². The number of pyridine rings is 1. The number of aryl methyl sites for hydroxylation is 2. The van der Waals surface area contributed by atoms with Crippen LogP contribution in [0.5, 0.6) is 0 Å². The summed E-state index contributed by atoms with van der Waals surface area (Å²) in [6.07, 6.45) is 4.05. The van der Waals surface area contributed by atoms with Crippen molar-refractivity contribution in [3.8, 4) is 16.9 Å². The summed E-state index contributed by atoms with van der Waals surface area (Å²) in [5, 5.41) is 1.70. The number of hydrogen-bond donors (Lipinski definition) is 0. The van der Waals surface area contributed by atoms with Gasteiger partial charge in [0.2, 0.25) is 0 Å². The van der Waals surface area contributed by atoms with Crippen molar-refractivity contribution in [1.29, 1.82) is 0 Å². The van der Waals surface area contributed by atoms with E-state index in [4.69, 9.17) is 11.6 Å². The molecule has 5 rings (SSSR count). The molecule has 0 N–H and O–H groups in total. The first-order valence-corrected chi connectivity index (χ1v) is 10.6. The third-order valence-corrected chi connectivity index (χ3v) is 6.16. The molecule has 0 amide bonds. The highest BCUT2D eigenvalue weighted by Gasteiger charge is 2.27. The molecule has 1 fully saturated rings. The Labute approximate surface area is 178 Å². The Hall–Kier alpha value is -3.05. The maximum absolute atomic E-state index is 13.0. The molecular formula is C24H22ClN3O2. The van der Waals surface area contributed by atoms with Gasteiger partial charge in [-0.2, -0.15) is 0 Å². The smallest absolute Gasteiger partial charge is 0.309 e. The number of rotatable bonds is 4. The number of benzene rings is 2. The van der Waals surface area contributed by atoms with Gasteiger partial charge >= 0.3 is 5.69 Å². The van der Waals surface area contributed by atoms with Crippen LogP contribution in [0.25, 0.3) is 27.8 Å². The van der Waals surface area contributed by atoms with E-state index < -0.39 is 0 Å². The molecule has 2 aromatic carbocycles. The van der Waals surface area contributed by atoms with Crippen LogP contribution in [0, 0.1) is 0 Å². The summed E-state index contributed by atoms with van der Waals surface area (Å²) in [5.41, 5.74) is 4.45. The molecule has 0 atom stereocenters. The van der Waals surface area contributed by atoms with Crippen LogP contribution in [0.3, 0.4) is 0 Å². The monoisotopic (exact) mass is 419 g/mol. The largest absolute Gasteiger partial charge is 0.332 e. The minimum atomic E-state index is -0.115. The highest BCUT2D eigenvalue weighted by molar-refractivity contribution is 6.30. The molecule has 0 unspecified atom stereocenters. The fourth-order valence-corrected chi connectivity index (χ4v) is 4.35. The van der Waals surface area contributed by atoms with E-state index in [9.17, 15) is 9.59 Å². The molecule has 152 valence electrons. The maximum atomic E-state index is 13.0. The van der Waals surface area contributed by atoms with Crippen molar-refractivity contribution in [2.45, 2.75) is 32.2 Å². The fourth-order valence-electron chi connectivity index (χ4n) is 4.23. The quantitative estimate of drug-likeness (QED) is 0.481. The molecule has 1 saturated carbocycles. The summed E-state index contributed by atoms with van der Waals surface area (Å²) >= 11 is 6.05. The van der Waals surface area contributed by atoms with Gasteiger partial charge in [0, 0.05) is 41.8 Å². The zero-order valence-electron chi connectivity index (χ0n) is 16.9. The summed E-state index contributed by atoms with van der Waals surface area (Å²) < 4.78 is 5.10. The average molecular weight is 420 g/mol. The van der Waals surface area contributed by atoms with Crippen LogP contribution >= 0.6 is 11.6 Å². The van der Waals surface area contributed by atoms with Crippen LogP contribution in [-0.2, 0) is 13.6 Å². The van der Waals surface area contributed by atoms with Crippen LogP contribution in [0.2, 0.25) is 5.02 Å². The lowest BCUT2D eigenvalue weighted by atomic mass is 10.0. The molecule has 30 heavy (non-hydrogen) atoms. The molecule has 0 aliphatic heterocycles. The van der Waals surface area contributed by atoms with Crippen molar-refractivity contribution < 1.29 is 0 Å². The van der Waals surface area contributed by atoms with E-state index in [0.717, 1.165) is 46.3 Å². The number of fused-ring (bicyclic) bond motifs is 1. The number of aromatic nitrogens is 3. The van der Waals surface area contributed by atoms with Crippen LogP contribution in [0.15, 0.2) is 64.3 Å². The number of nitrogens with zero attached hydrogens (tertiary/aromatic N) is 3. The first kappa shape index (κ1) is 18.9. The van der Waals surface area contributed by atoms with Crippen molar-refractivity contribution in [2.24, 2.45) is 7.05 Å². The van der Waals surface area contributed by atoms with Crippen LogP contribution in [-0.4, -0.2) is 13.7 Å². The Balaban J connectivity index is 1.78. The number of imidazole rings is 1. The van der Waals surface area contributed by atoms with Crippen molar-refractivity contribution in [1.82, 2.24) is 13.7 Å². The van der Waals surface area contributed by atoms with E-state index in [1.165, 1.54) is 0 Å². The maximum Gasteiger partial charge on any atom is 0.332 e. The van der Waals surface area contributed by atoms with Crippen molar-refractivity contribution in [2.75, 3.05) is 0 Å². The molecule has 0 radical (unpaired) electrons. The first-order chi connectivity index (χ1) is 14.5. The fraction of sp³-hybridized carbons (Fsp3) is 0.250. The normalized spacial score (nSPS) is 13.8. The van der Waals surface area contributed by atoms with Gasteiger partial charge in [-0.15, -0.1) is 0 Å². The second-order valence-corrected chi connectivity index (χ2v) is 8.34. The molecule has 1 aliphatic carbocycles. The summed E-state index contributed by atoms with van der Waals surface area (Å²) in [7, 11) is 1.75. The van der Waals surface area contributed by atoms with Crippen LogP contribution in [0.4, 0.5) is 0 Å². The van der Waals surface area contributed by atoms with Crippen LogP contribution in [0.1, 0.15) is 31.2 Å². The molecule has 0 saturated heterocycles. The molecule has 2 aromatic heterocycles. The van der Waals surface area contributed by atoms with Crippen molar-refractivity contribution in [3.05, 3.63) is 86.2 Å². The van der Waals surface area contributed by atoms with E-state index in [-0.39, 0.29) is 11.2 Å². The van der Waals surface area contributed by atoms with Gasteiger partial charge in [-0.05, 0) is 61.6 Å². The van der Waals surface area contributed by atoms with Crippen molar-refractivity contribution >= 4 is 22.5 Å². The van der Waals surface area contributed by atoms with Crippen LogP contribution < -0.4 is 11.2 Å². The van der Waals surface area contributed by atoms with Gasteiger partial charge < -0.3 is 9.13 Å². The zero-order valence-corrected chi connectivity index (χ0v) is 17.7. The van der Waals surface area contributed by atoms with E-state index >= 15 is 0 Å². The predicted molar refractivity (Wildman–Crippen MR) is 121 cm³/mol. The van der Waals surface area contributed by atoms with E-state index in [1.54, 1.807) is 26.8 Å².